The average molecular weight is 432 g/mol. The standard InChI is InChI=1S/C24H29N7O/c1-24(2)10-20-18(12-28-31(20)14-24)15-5-3-6-16(9-15)19-13-27-22(25)21(30-19)23(32)29-17-7-4-8-26-11-17/h3,5-6,9,12-13,17,26H,4,7-8,10-11,14H2,1-2H3,(H2,25,27)(H,29,32). The first-order chi connectivity index (χ1) is 15.4. The summed E-state index contributed by atoms with van der Waals surface area (Å²) >= 11 is 0. The molecule has 4 heterocycles. The van der Waals surface area contributed by atoms with Crippen molar-refractivity contribution in [3.05, 3.63) is 48.0 Å². The van der Waals surface area contributed by atoms with Crippen LogP contribution in [0.2, 0.25) is 0 Å². The van der Waals surface area contributed by atoms with E-state index < -0.39 is 0 Å². The van der Waals surface area contributed by atoms with E-state index in [1.54, 1.807) is 6.20 Å². The summed E-state index contributed by atoms with van der Waals surface area (Å²) in [7, 11) is 0. The lowest BCUT2D eigenvalue weighted by atomic mass is 9.89. The molecule has 32 heavy (non-hydrogen) atoms. The van der Waals surface area contributed by atoms with E-state index in [9.17, 15) is 4.79 Å². The summed E-state index contributed by atoms with van der Waals surface area (Å²) in [5.41, 5.74) is 11.4. The molecule has 1 amide bonds. The number of piperidine rings is 1. The number of nitrogens with two attached hydrogens (primary N) is 1. The van der Waals surface area contributed by atoms with Crippen molar-refractivity contribution in [2.75, 3.05) is 18.8 Å². The number of carbonyl (C=O) groups is 1. The lowest BCUT2D eigenvalue weighted by Crippen LogP contribution is -2.46. The largest absolute Gasteiger partial charge is 0.382 e. The lowest BCUT2D eigenvalue weighted by molar-refractivity contribution is 0.0926. The number of nitrogens with zero attached hydrogens (tertiary/aromatic N) is 4. The number of fused-ring (bicyclic) bond motifs is 1. The van der Waals surface area contributed by atoms with Crippen molar-refractivity contribution in [1.29, 1.82) is 0 Å². The number of hydrogen-bond acceptors (Lipinski definition) is 6. The Hall–Kier alpha value is -3.26. The molecule has 5 rings (SSSR count). The van der Waals surface area contributed by atoms with Gasteiger partial charge in [0.05, 0.1) is 18.1 Å². The molecule has 1 saturated heterocycles. The Morgan fingerprint density at radius 3 is 2.94 bits per heavy atom. The number of amides is 1. The highest BCUT2D eigenvalue weighted by Gasteiger charge is 2.31. The molecule has 1 unspecified atom stereocenters. The highest BCUT2D eigenvalue weighted by molar-refractivity contribution is 5.97. The number of aromatic nitrogens is 4. The number of benzene rings is 1. The number of rotatable bonds is 4. The molecule has 0 saturated carbocycles. The second-order valence-electron chi connectivity index (χ2n) is 9.59. The zero-order valence-electron chi connectivity index (χ0n) is 18.6. The van der Waals surface area contributed by atoms with Crippen LogP contribution in [0.25, 0.3) is 22.4 Å². The van der Waals surface area contributed by atoms with Crippen LogP contribution in [0, 0.1) is 5.41 Å². The molecule has 0 bridgehead atoms. The normalized spacial score (nSPS) is 19.5. The monoisotopic (exact) mass is 431 g/mol. The molecule has 1 atom stereocenters. The molecule has 2 aliphatic rings. The second kappa shape index (κ2) is 8.02. The molecule has 3 aromatic rings. The third kappa shape index (κ3) is 3.98. The van der Waals surface area contributed by atoms with Crippen LogP contribution in [0.3, 0.4) is 0 Å². The van der Waals surface area contributed by atoms with Gasteiger partial charge in [-0.2, -0.15) is 5.10 Å². The SMILES string of the molecule is CC1(C)Cc2c(-c3cccc(-c4cnc(N)c(C(=O)NC5CCCNC5)n4)c3)cnn2C1. The summed E-state index contributed by atoms with van der Waals surface area (Å²) in [6, 6.07) is 8.22. The molecule has 2 aliphatic heterocycles. The zero-order chi connectivity index (χ0) is 22.3. The Bertz CT molecular complexity index is 1160. The van der Waals surface area contributed by atoms with Crippen molar-refractivity contribution in [2.45, 2.75) is 45.7 Å². The Labute approximate surface area is 187 Å². The van der Waals surface area contributed by atoms with Gasteiger partial charge in [-0.15, -0.1) is 0 Å². The van der Waals surface area contributed by atoms with Gasteiger partial charge in [-0.3, -0.25) is 9.48 Å². The highest BCUT2D eigenvalue weighted by Crippen LogP contribution is 2.37. The minimum atomic E-state index is -0.279. The Kier molecular flexibility index (Phi) is 5.17. The van der Waals surface area contributed by atoms with Gasteiger partial charge in [-0.05, 0) is 42.9 Å². The van der Waals surface area contributed by atoms with E-state index >= 15 is 0 Å². The molecule has 0 spiro atoms. The van der Waals surface area contributed by atoms with Crippen molar-refractivity contribution in [3.8, 4) is 22.4 Å². The molecule has 0 radical (unpaired) electrons. The van der Waals surface area contributed by atoms with Crippen LogP contribution in [0.1, 0.15) is 42.9 Å². The quantitative estimate of drug-likeness (QED) is 0.586. The van der Waals surface area contributed by atoms with Gasteiger partial charge >= 0.3 is 0 Å². The topological polar surface area (TPSA) is 111 Å². The Morgan fingerprint density at radius 2 is 2.12 bits per heavy atom. The highest BCUT2D eigenvalue weighted by atomic mass is 16.2. The summed E-state index contributed by atoms with van der Waals surface area (Å²) in [4.78, 5) is 21.7. The number of nitrogens with one attached hydrogen (secondary N) is 2. The van der Waals surface area contributed by atoms with Crippen LogP contribution in [-0.2, 0) is 13.0 Å². The van der Waals surface area contributed by atoms with Crippen LogP contribution in [0.5, 0.6) is 0 Å². The fourth-order valence-corrected chi connectivity index (χ4v) is 4.67. The first kappa shape index (κ1) is 20.6. The van der Waals surface area contributed by atoms with Crippen molar-refractivity contribution < 1.29 is 4.79 Å². The van der Waals surface area contributed by atoms with Crippen LogP contribution >= 0.6 is 0 Å². The van der Waals surface area contributed by atoms with Crippen LogP contribution < -0.4 is 16.4 Å². The van der Waals surface area contributed by atoms with E-state index in [4.69, 9.17) is 5.73 Å². The fraction of sp³-hybridized carbons (Fsp3) is 0.417. The lowest BCUT2D eigenvalue weighted by Gasteiger charge is -2.23. The van der Waals surface area contributed by atoms with Crippen molar-refractivity contribution in [3.63, 3.8) is 0 Å². The number of hydrogen-bond donors (Lipinski definition) is 3. The maximum atomic E-state index is 12.8. The molecule has 0 aliphatic carbocycles. The third-order valence-electron chi connectivity index (χ3n) is 6.29. The van der Waals surface area contributed by atoms with E-state index in [-0.39, 0.29) is 28.9 Å². The molecule has 2 aromatic heterocycles. The maximum Gasteiger partial charge on any atom is 0.274 e. The molecular weight excluding hydrogens is 402 g/mol. The summed E-state index contributed by atoms with van der Waals surface area (Å²) in [5.74, 6) is -0.138. The molecule has 166 valence electrons. The van der Waals surface area contributed by atoms with Gasteiger partial charge in [0.25, 0.3) is 5.91 Å². The van der Waals surface area contributed by atoms with Crippen LogP contribution in [-0.4, -0.2) is 44.8 Å². The summed E-state index contributed by atoms with van der Waals surface area (Å²) < 4.78 is 2.10. The summed E-state index contributed by atoms with van der Waals surface area (Å²) in [5, 5.41) is 10.9. The smallest absolute Gasteiger partial charge is 0.274 e. The molecule has 1 aromatic carbocycles. The van der Waals surface area contributed by atoms with Crippen LogP contribution in [0.15, 0.2) is 36.7 Å². The first-order valence-electron chi connectivity index (χ1n) is 11.2. The predicted molar refractivity (Wildman–Crippen MR) is 124 cm³/mol. The van der Waals surface area contributed by atoms with E-state index in [0.29, 0.717) is 5.69 Å². The number of nitrogen functional groups attached to an aromatic ring is 1. The zero-order valence-corrected chi connectivity index (χ0v) is 18.6. The third-order valence-corrected chi connectivity index (χ3v) is 6.29. The number of carbonyl (C=O) groups excluding carboxylic acids is 1. The molecule has 8 nitrogen and oxygen atoms in total. The van der Waals surface area contributed by atoms with E-state index in [2.05, 4.69) is 56.4 Å². The van der Waals surface area contributed by atoms with Gasteiger partial charge in [-0.1, -0.05) is 32.0 Å². The average Bonchev–Trinajstić information content (AvgIpc) is 3.29. The van der Waals surface area contributed by atoms with Gasteiger partial charge < -0.3 is 16.4 Å². The number of anilines is 1. The van der Waals surface area contributed by atoms with Gasteiger partial charge in [0.1, 0.15) is 0 Å². The van der Waals surface area contributed by atoms with E-state index in [1.807, 2.05) is 18.3 Å². The summed E-state index contributed by atoms with van der Waals surface area (Å²) in [6.45, 7) is 7.20. The second-order valence-corrected chi connectivity index (χ2v) is 9.59. The van der Waals surface area contributed by atoms with E-state index in [1.165, 1.54) is 5.69 Å². The fourth-order valence-electron chi connectivity index (χ4n) is 4.67. The molecule has 8 heteroatoms. The van der Waals surface area contributed by atoms with Crippen molar-refractivity contribution in [1.82, 2.24) is 30.4 Å². The minimum Gasteiger partial charge on any atom is -0.382 e. The predicted octanol–water partition coefficient (Wildman–Crippen LogP) is 2.65. The molecule has 4 N–H and O–H groups in total. The Balaban J connectivity index is 1.43. The van der Waals surface area contributed by atoms with Gasteiger partial charge in [-0.25, -0.2) is 9.97 Å². The van der Waals surface area contributed by atoms with Gasteiger partial charge in [0.2, 0.25) is 0 Å². The van der Waals surface area contributed by atoms with Gasteiger partial charge in [0, 0.05) is 36.0 Å². The molecule has 1 fully saturated rings. The van der Waals surface area contributed by atoms with Crippen LogP contribution in [0.4, 0.5) is 5.82 Å². The van der Waals surface area contributed by atoms with Crippen molar-refractivity contribution >= 4 is 11.7 Å². The first-order valence-corrected chi connectivity index (χ1v) is 11.2. The van der Waals surface area contributed by atoms with Crippen molar-refractivity contribution in [2.24, 2.45) is 5.41 Å². The van der Waals surface area contributed by atoms with Gasteiger partial charge in [0.15, 0.2) is 11.5 Å². The molecular formula is C24H29N7O. The minimum absolute atomic E-state index is 0.0816. The maximum absolute atomic E-state index is 12.8. The summed E-state index contributed by atoms with van der Waals surface area (Å²) in [6.07, 6.45) is 6.54. The Morgan fingerprint density at radius 1 is 1.28 bits per heavy atom. The van der Waals surface area contributed by atoms with E-state index in [0.717, 1.165) is 55.6 Å².